The van der Waals surface area contributed by atoms with Crippen molar-refractivity contribution < 1.29 is 17.9 Å². The maximum Gasteiger partial charge on any atom is 0.243 e. The predicted molar refractivity (Wildman–Crippen MR) is 77.3 cm³/mol. The number of fused-ring (bicyclic) bond motifs is 2. The maximum atomic E-state index is 12.7. The molecule has 2 fully saturated rings. The number of sulfonamides is 1. The zero-order chi connectivity index (χ0) is 14.3. The van der Waals surface area contributed by atoms with Crippen molar-refractivity contribution in [1.82, 2.24) is 4.31 Å². The first-order valence-electron chi connectivity index (χ1n) is 6.50. The molecule has 2 aliphatic heterocycles. The second-order valence-electron chi connectivity index (χ2n) is 5.08. The van der Waals surface area contributed by atoms with Gasteiger partial charge >= 0.3 is 0 Å². The van der Waals surface area contributed by atoms with Crippen molar-refractivity contribution in [2.24, 2.45) is 0 Å². The van der Waals surface area contributed by atoms with Crippen LogP contribution in [0.15, 0.2) is 27.6 Å². The molecule has 2 heterocycles. The monoisotopic (exact) mass is 361 g/mol. The van der Waals surface area contributed by atoms with Gasteiger partial charge in [0.1, 0.15) is 5.75 Å². The van der Waals surface area contributed by atoms with Gasteiger partial charge in [-0.1, -0.05) is 0 Å². The number of rotatable bonds is 3. The minimum atomic E-state index is -3.47. The SMILES string of the molecule is COc1ccc(S(=O)(=O)N2CC3CCC(C2)O3)cc1Br. The van der Waals surface area contributed by atoms with Crippen LogP contribution >= 0.6 is 15.9 Å². The van der Waals surface area contributed by atoms with E-state index in [1.807, 2.05) is 0 Å². The molecule has 0 aromatic heterocycles. The van der Waals surface area contributed by atoms with Crippen molar-refractivity contribution in [3.63, 3.8) is 0 Å². The highest BCUT2D eigenvalue weighted by Gasteiger charge is 2.39. The van der Waals surface area contributed by atoms with Crippen LogP contribution in [-0.4, -0.2) is 45.1 Å². The van der Waals surface area contributed by atoms with Crippen LogP contribution in [-0.2, 0) is 14.8 Å². The van der Waals surface area contributed by atoms with Crippen LogP contribution in [0.5, 0.6) is 5.75 Å². The molecule has 1 aromatic rings. The lowest BCUT2D eigenvalue weighted by atomic mass is 10.2. The predicted octanol–water partition coefficient (Wildman–Crippen LogP) is 2.01. The van der Waals surface area contributed by atoms with Gasteiger partial charge < -0.3 is 9.47 Å². The van der Waals surface area contributed by atoms with Gasteiger partial charge in [0.25, 0.3) is 0 Å². The summed E-state index contributed by atoms with van der Waals surface area (Å²) in [4.78, 5) is 0.284. The van der Waals surface area contributed by atoms with E-state index >= 15 is 0 Å². The summed E-state index contributed by atoms with van der Waals surface area (Å²) in [6, 6.07) is 4.83. The molecule has 20 heavy (non-hydrogen) atoms. The van der Waals surface area contributed by atoms with Gasteiger partial charge in [0.15, 0.2) is 0 Å². The number of hydrogen-bond acceptors (Lipinski definition) is 4. The maximum absolute atomic E-state index is 12.7. The van der Waals surface area contributed by atoms with Crippen LogP contribution in [0.25, 0.3) is 0 Å². The summed E-state index contributed by atoms with van der Waals surface area (Å²) in [6.07, 6.45) is 1.99. The lowest BCUT2D eigenvalue weighted by Gasteiger charge is -2.31. The van der Waals surface area contributed by atoms with E-state index in [1.165, 1.54) is 4.31 Å². The van der Waals surface area contributed by atoms with Gasteiger partial charge in [0.2, 0.25) is 10.0 Å². The molecule has 0 radical (unpaired) electrons. The number of halogens is 1. The minimum Gasteiger partial charge on any atom is -0.496 e. The standard InChI is InChI=1S/C13H16BrNO4S/c1-18-13-5-4-11(6-12(13)14)20(16,17)15-7-9-2-3-10(8-15)19-9/h4-6,9-10H,2-3,7-8H2,1H3. The first-order valence-corrected chi connectivity index (χ1v) is 8.73. The second kappa shape index (κ2) is 5.29. The highest BCUT2D eigenvalue weighted by atomic mass is 79.9. The van der Waals surface area contributed by atoms with E-state index < -0.39 is 10.0 Å². The smallest absolute Gasteiger partial charge is 0.243 e. The Labute approximate surface area is 127 Å². The number of benzene rings is 1. The molecule has 2 atom stereocenters. The van der Waals surface area contributed by atoms with Crippen LogP contribution in [0.4, 0.5) is 0 Å². The van der Waals surface area contributed by atoms with Gasteiger partial charge in [-0.25, -0.2) is 8.42 Å². The zero-order valence-electron chi connectivity index (χ0n) is 11.1. The van der Waals surface area contributed by atoms with Crippen molar-refractivity contribution in [2.75, 3.05) is 20.2 Å². The van der Waals surface area contributed by atoms with Crippen LogP contribution < -0.4 is 4.74 Å². The summed E-state index contributed by atoms with van der Waals surface area (Å²) in [5.74, 6) is 0.617. The Hall–Kier alpha value is -0.630. The minimum absolute atomic E-state index is 0.0465. The Balaban J connectivity index is 1.90. The molecular formula is C13H16BrNO4S. The van der Waals surface area contributed by atoms with E-state index in [1.54, 1.807) is 25.3 Å². The Morgan fingerprint density at radius 2 is 1.95 bits per heavy atom. The molecule has 0 saturated carbocycles. The highest BCUT2D eigenvalue weighted by molar-refractivity contribution is 9.10. The number of hydrogen-bond donors (Lipinski definition) is 0. The van der Waals surface area contributed by atoms with Gasteiger partial charge in [0, 0.05) is 13.1 Å². The summed E-state index contributed by atoms with van der Waals surface area (Å²) in [7, 11) is -1.92. The average molecular weight is 362 g/mol. The van der Waals surface area contributed by atoms with Gasteiger partial charge in [0.05, 0.1) is 28.7 Å². The van der Waals surface area contributed by atoms with Crippen LogP contribution in [0.1, 0.15) is 12.8 Å². The van der Waals surface area contributed by atoms with Crippen molar-refractivity contribution >= 4 is 26.0 Å². The van der Waals surface area contributed by atoms with E-state index in [0.717, 1.165) is 12.8 Å². The molecule has 2 bridgehead atoms. The first-order chi connectivity index (χ1) is 9.50. The van der Waals surface area contributed by atoms with E-state index in [9.17, 15) is 8.42 Å². The molecule has 0 N–H and O–H groups in total. The highest BCUT2D eigenvalue weighted by Crippen LogP contribution is 2.32. The third-order valence-electron chi connectivity index (χ3n) is 3.77. The zero-order valence-corrected chi connectivity index (χ0v) is 13.5. The Bertz CT molecular complexity index is 607. The fourth-order valence-electron chi connectivity index (χ4n) is 2.73. The second-order valence-corrected chi connectivity index (χ2v) is 7.87. The summed E-state index contributed by atoms with van der Waals surface area (Å²) >= 11 is 3.33. The van der Waals surface area contributed by atoms with E-state index in [-0.39, 0.29) is 17.1 Å². The van der Waals surface area contributed by atoms with Crippen LogP contribution in [0, 0.1) is 0 Å². The number of ether oxygens (including phenoxy) is 2. The fraction of sp³-hybridized carbons (Fsp3) is 0.538. The lowest BCUT2D eigenvalue weighted by molar-refractivity contribution is -0.0114. The summed E-state index contributed by atoms with van der Waals surface area (Å²) < 4.78 is 38.3. The van der Waals surface area contributed by atoms with Crippen molar-refractivity contribution in [1.29, 1.82) is 0 Å². The molecule has 1 aromatic carbocycles. The lowest BCUT2D eigenvalue weighted by Crippen LogP contribution is -2.45. The van der Waals surface area contributed by atoms with Gasteiger partial charge in [-0.2, -0.15) is 4.31 Å². The number of methoxy groups -OCH3 is 1. The molecule has 7 heteroatoms. The van der Waals surface area contributed by atoms with Gasteiger partial charge in [-0.05, 0) is 47.0 Å². The topological polar surface area (TPSA) is 55.8 Å². The third kappa shape index (κ3) is 2.47. The molecule has 2 saturated heterocycles. The van der Waals surface area contributed by atoms with Crippen molar-refractivity contribution in [2.45, 2.75) is 29.9 Å². The van der Waals surface area contributed by atoms with Gasteiger partial charge in [-0.3, -0.25) is 0 Å². The summed E-state index contributed by atoms with van der Waals surface area (Å²) in [5, 5.41) is 0. The van der Waals surface area contributed by atoms with Gasteiger partial charge in [-0.15, -0.1) is 0 Å². The number of morpholine rings is 1. The normalized spacial score (nSPS) is 26.7. The molecule has 3 rings (SSSR count). The molecule has 0 amide bonds. The third-order valence-corrected chi connectivity index (χ3v) is 6.22. The van der Waals surface area contributed by atoms with Crippen molar-refractivity contribution in [3.8, 4) is 5.75 Å². The molecule has 110 valence electrons. The Morgan fingerprint density at radius 1 is 1.30 bits per heavy atom. The van der Waals surface area contributed by atoms with Crippen LogP contribution in [0.2, 0.25) is 0 Å². The van der Waals surface area contributed by atoms with Crippen LogP contribution in [0.3, 0.4) is 0 Å². The van der Waals surface area contributed by atoms with Crippen molar-refractivity contribution in [3.05, 3.63) is 22.7 Å². The molecular weight excluding hydrogens is 346 g/mol. The molecule has 0 aliphatic carbocycles. The van der Waals surface area contributed by atoms with E-state index in [4.69, 9.17) is 9.47 Å². The number of nitrogens with zero attached hydrogens (tertiary/aromatic N) is 1. The van der Waals surface area contributed by atoms with E-state index in [0.29, 0.717) is 23.3 Å². The Kier molecular flexibility index (Phi) is 3.79. The average Bonchev–Trinajstić information content (AvgIpc) is 2.77. The molecule has 2 unspecified atom stereocenters. The summed E-state index contributed by atoms with van der Waals surface area (Å²) in [5.41, 5.74) is 0. The quantitative estimate of drug-likeness (QED) is 0.826. The summed E-state index contributed by atoms with van der Waals surface area (Å²) in [6.45, 7) is 0.894. The first kappa shape index (κ1) is 14.3. The Morgan fingerprint density at radius 3 is 2.50 bits per heavy atom. The fourth-order valence-corrected chi connectivity index (χ4v) is 4.95. The molecule has 0 spiro atoms. The molecule has 5 nitrogen and oxygen atoms in total. The largest absolute Gasteiger partial charge is 0.496 e. The van der Waals surface area contributed by atoms with E-state index in [2.05, 4.69) is 15.9 Å². The molecule has 2 aliphatic rings.